The summed E-state index contributed by atoms with van der Waals surface area (Å²) in [5, 5.41) is 10.2. The molecule has 0 aromatic heterocycles. The van der Waals surface area contributed by atoms with Crippen molar-refractivity contribution in [2.24, 2.45) is 0 Å². The fourth-order valence-electron chi connectivity index (χ4n) is 1.77. The van der Waals surface area contributed by atoms with Gasteiger partial charge in [0.2, 0.25) is 0 Å². The summed E-state index contributed by atoms with van der Waals surface area (Å²) in [7, 11) is 0. The van der Waals surface area contributed by atoms with Gasteiger partial charge < -0.3 is 9.84 Å². The molecule has 0 radical (unpaired) electrons. The summed E-state index contributed by atoms with van der Waals surface area (Å²) in [5.41, 5.74) is 0.725. The van der Waals surface area contributed by atoms with E-state index in [0.29, 0.717) is 17.2 Å². The lowest BCUT2D eigenvalue weighted by Gasteiger charge is -2.07. The van der Waals surface area contributed by atoms with Crippen LogP contribution >= 0.6 is 11.6 Å². The molecule has 0 bridgehead atoms. The van der Waals surface area contributed by atoms with Crippen molar-refractivity contribution in [1.29, 1.82) is 0 Å². The van der Waals surface area contributed by atoms with E-state index in [1.165, 1.54) is 12.1 Å². The normalized spacial score (nSPS) is 10.3. The minimum Gasteiger partial charge on any atom is -0.507 e. The van der Waals surface area contributed by atoms with Gasteiger partial charge in [-0.25, -0.2) is 0 Å². The van der Waals surface area contributed by atoms with Gasteiger partial charge in [0.05, 0.1) is 12.2 Å². The molecule has 0 aliphatic heterocycles. The van der Waals surface area contributed by atoms with Crippen molar-refractivity contribution in [2.45, 2.75) is 13.3 Å². The Labute approximate surface area is 122 Å². The Hall–Kier alpha value is -2.00. The van der Waals surface area contributed by atoms with Gasteiger partial charge in [0, 0.05) is 10.6 Å². The van der Waals surface area contributed by atoms with Gasteiger partial charge in [-0.3, -0.25) is 4.79 Å². The van der Waals surface area contributed by atoms with Gasteiger partial charge in [-0.05, 0) is 48.9 Å². The van der Waals surface area contributed by atoms with Crippen LogP contribution in [0.1, 0.15) is 29.3 Å². The highest BCUT2D eigenvalue weighted by atomic mass is 35.5. The van der Waals surface area contributed by atoms with E-state index in [2.05, 4.69) is 0 Å². The van der Waals surface area contributed by atoms with Crippen molar-refractivity contribution in [1.82, 2.24) is 0 Å². The third-order valence-electron chi connectivity index (χ3n) is 2.79. The Balaban J connectivity index is 2.20. The fraction of sp³-hybridized carbons (Fsp3) is 0.188. The van der Waals surface area contributed by atoms with Crippen LogP contribution in [0.25, 0.3) is 0 Å². The Morgan fingerprint density at radius 1 is 1.20 bits per heavy atom. The SMILES string of the molecule is CCCOc1ccc(C(=O)c2ccc(Cl)cc2O)cc1. The predicted molar refractivity (Wildman–Crippen MR) is 78.8 cm³/mol. The lowest BCUT2D eigenvalue weighted by Crippen LogP contribution is -2.02. The zero-order valence-electron chi connectivity index (χ0n) is 11.1. The van der Waals surface area contributed by atoms with Crippen molar-refractivity contribution in [2.75, 3.05) is 6.61 Å². The summed E-state index contributed by atoms with van der Waals surface area (Å²) < 4.78 is 5.46. The molecule has 0 spiro atoms. The van der Waals surface area contributed by atoms with Crippen molar-refractivity contribution >= 4 is 17.4 Å². The van der Waals surface area contributed by atoms with Gasteiger partial charge in [0.15, 0.2) is 5.78 Å². The van der Waals surface area contributed by atoms with Crippen LogP contribution in [-0.2, 0) is 0 Å². The van der Waals surface area contributed by atoms with Gasteiger partial charge in [-0.15, -0.1) is 0 Å². The maximum atomic E-state index is 12.3. The van der Waals surface area contributed by atoms with E-state index in [0.717, 1.165) is 12.2 Å². The Morgan fingerprint density at radius 3 is 2.50 bits per heavy atom. The summed E-state index contributed by atoms with van der Waals surface area (Å²) in [6.45, 7) is 2.67. The van der Waals surface area contributed by atoms with Crippen LogP contribution < -0.4 is 4.74 Å². The first-order valence-electron chi connectivity index (χ1n) is 6.38. The van der Waals surface area contributed by atoms with Crippen molar-refractivity contribution in [3.05, 3.63) is 58.6 Å². The number of phenols is 1. The largest absolute Gasteiger partial charge is 0.507 e. The van der Waals surface area contributed by atoms with Crippen LogP contribution in [0.4, 0.5) is 0 Å². The molecular weight excluding hydrogens is 276 g/mol. The molecule has 20 heavy (non-hydrogen) atoms. The number of halogens is 1. The molecule has 0 atom stereocenters. The lowest BCUT2D eigenvalue weighted by molar-refractivity contribution is 0.103. The number of aromatic hydroxyl groups is 1. The highest BCUT2D eigenvalue weighted by Gasteiger charge is 2.13. The standard InChI is InChI=1S/C16H15ClO3/c1-2-9-20-13-6-3-11(4-7-13)16(19)14-8-5-12(17)10-15(14)18/h3-8,10,18H,2,9H2,1H3. The first-order valence-corrected chi connectivity index (χ1v) is 6.75. The second kappa shape index (κ2) is 6.44. The van der Waals surface area contributed by atoms with Crippen molar-refractivity contribution in [3.8, 4) is 11.5 Å². The van der Waals surface area contributed by atoms with Gasteiger partial charge >= 0.3 is 0 Å². The summed E-state index contributed by atoms with van der Waals surface area (Å²) in [4.78, 5) is 12.3. The molecule has 0 aliphatic rings. The van der Waals surface area contributed by atoms with Gasteiger partial charge in [0.1, 0.15) is 11.5 Å². The van der Waals surface area contributed by atoms with Crippen molar-refractivity contribution < 1.29 is 14.6 Å². The molecule has 0 amide bonds. The smallest absolute Gasteiger partial charge is 0.196 e. The van der Waals surface area contributed by atoms with Crippen LogP contribution in [0.15, 0.2) is 42.5 Å². The molecule has 0 heterocycles. The lowest BCUT2D eigenvalue weighted by atomic mass is 10.0. The van der Waals surface area contributed by atoms with E-state index >= 15 is 0 Å². The minimum atomic E-state index is -0.249. The van der Waals surface area contributed by atoms with E-state index < -0.39 is 0 Å². The van der Waals surface area contributed by atoms with Crippen LogP contribution in [-0.4, -0.2) is 17.5 Å². The molecule has 1 N–H and O–H groups in total. The molecule has 2 aromatic carbocycles. The predicted octanol–water partition coefficient (Wildman–Crippen LogP) is 4.07. The molecule has 2 rings (SSSR count). The number of hydrogen-bond donors (Lipinski definition) is 1. The minimum absolute atomic E-state index is 0.117. The number of benzene rings is 2. The van der Waals surface area contributed by atoms with Gasteiger partial charge in [-0.2, -0.15) is 0 Å². The first-order chi connectivity index (χ1) is 9.61. The van der Waals surface area contributed by atoms with Crippen LogP contribution in [0.3, 0.4) is 0 Å². The average molecular weight is 291 g/mol. The van der Waals surface area contributed by atoms with Gasteiger partial charge in [0.25, 0.3) is 0 Å². The number of hydrogen-bond acceptors (Lipinski definition) is 3. The fourth-order valence-corrected chi connectivity index (χ4v) is 1.94. The molecule has 0 unspecified atom stereocenters. The number of rotatable bonds is 5. The molecule has 2 aromatic rings. The zero-order valence-corrected chi connectivity index (χ0v) is 11.9. The second-order valence-electron chi connectivity index (χ2n) is 4.36. The Kier molecular flexibility index (Phi) is 4.64. The second-order valence-corrected chi connectivity index (χ2v) is 4.80. The van der Waals surface area contributed by atoms with Crippen LogP contribution in [0.2, 0.25) is 5.02 Å². The van der Waals surface area contributed by atoms with Crippen LogP contribution in [0, 0.1) is 0 Å². The Morgan fingerprint density at radius 2 is 1.90 bits per heavy atom. The molecule has 104 valence electrons. The molecule has 0 aliphatic carbocycles. The molecule has 3 nitrogen and oxygen atoms in total. The van der Waals surface area contributed by atoms with Crippen LogP contribution in [0.5, 0.6) is 11.5 Å². The van der Waals surface area contributed by atoms with E-state index in [9.17, 15) is 9.90 Å². The van der Waals surface area contributed by atoms with Gasteiger partial charge in [-0.1, -0.05) is 18.5 Å². The van der Waals surface area contributed by atoms with Crippen molar-refractivity contribution in [3.63, 3.8) is 0 Å². The number of ketones is 1. The van der Waals surface area contributed by atoms with E-state index in [4.69, 9.17) is 16.3 Å². The first kappa shape index (κ1) is 14.4. The van der Waals surface area contributed by atoms with E-state index in [-0.39, 0.29) is 17.1 Å². The van der Waals surface area contributed by atoms with E-state index in [1.807, 2.05) is 6.92 Å². The number of phenolic OH excluding ortho intramolecular Hbond substituents is 1. The van der Waals surface area contributed by atoms with E-state index in [1.54, 1.807) is 30.3 Å². The average Bonchev–Trinajstić information content (AvgIpc) is 2.45. The highest BCUT2D eigenvalue weighted by Crippen LogP contribution is 2.25. The number of ether oxygens (including phenoxy) is 1. The molecule has 4 heteroatoms. The summed E-state index contributed by atoms with van der Waals surface area (Å²) in [6.07, 6.45) is 0.930. The summed E-state index contributed by atoms with van der Waals surface area (Å²) in [5.74, 6) is 0.360. The maximum absolute atomic E-state index is 12.3. The monoisotopic (exact) mass is 290 g/mol. The molecule has 0 fully saturated rings. The quantitative estimate of drug-likeness (QED) is 0.845. The molecule has 0 saturated carbocycles. The topological polar surface area (TPSA) is 46.5 Å². The zero-order chi connectivity index (χ0) is 14.5. The summed E-state index contributed by atoms with van der Waals surface area (Å²) in [6, 6.07) is 11.3. The highest BCUT2D eigenvalue weighted by molar-refractivity contribution is 6.31. The maximum Gasteiger partial charge on any atom is 0.196 e. The Bertz CT molecular complexity index is 606. The number of carbonyl (C=O) groups is 1. The summed E-state index contributed by atoms with van der Waals surface area (Å²) >= 11 is 5.75. The number of carbonyl (C=O) groups excluding carboxylic acids is 1. The molecular formula is C16H15ClO3. The third-order valence-corrected chi connectivity index (χ3v) is 3.03. The third kappa shape index (κ3) is 3.31. The molecule has 0 saturated heterocycles.